The number of hydrogen-bond acceptors (Lipinski definition) is 6. The number of aliphatic hydroxyl groups excluding tert-OH is 1. The SMILES string of the molecule is O=C(C1=C(O)C(=O)N(c2nc3ccc(F)cc3s2)[C@H]1c1ccccc1F)c1cccs1. The first kappa shape index (κ1) is 19.5. The number of anilines is 1. The van der Waals surface area contributed by atoms with Crippen molar-refractivity contribution in [1.29, 1.82) is 0 Å². The maximum absolute atomic E-state index is 14.8. The second-order valence-corrected chi connectivity index (χ2v) is 8.73. The van der Waals surface area contributed by atoms with Crippen molar-refractivity contribution in [3.05, 3.63) is 93.4 Å². The topological polar surface area (TPSA) is 70.5 Å². The summed E-state index contributed by atoms with van der Waals surface area (Å²) in [6, 6.07) is 11.8. The number of thiazole rings is 1. The molecule has 1 aliphatic heterocycles. The molecule has 0 saturated heterocycles. The normalized spacial score (nSPS) is 16.5. The van der Waals surface area contributed by atoms with E-state index in [1.807, 2.05) is 0 Å². The summed E-state index contributed by atoms with van der Waals surface area (Å²) >= 11 is 2.17. The number of nitrogens with zero attached hydrogens (tertiary/aromatic N) is 2. The van der Waals surface area contributed by atoms with Crippen molar-refractivity contribution in [3.8, 4) is 0 Å². The van der Waals surface area contributed by atoms with E-state index in [-0.39, 0.29) is 16.3 Å². The first-order valence-corrected chi connectivity index (χ1v) is 10.8. The lowest BCUT2D eigenvalue weighted by Gasteiger charge is -2.24. The maximum atomic E-state index is 14.8. The van der Waals surface area contributed by atoms with E-state index < -0.39 is 35.1 Å². The summed E-state index contributed by atoms with van der Waals surface area (Å²) in [7, 11) is 0. The van der Waals surface area contributed by atoms with Crippen molar-refractivity contribution < 1.29 is 23.5 Å². The summed E-state index contributed by atoms with van der Waals surface area (Å²) in [6.45, 7) is 0. The van der Waals surface area contributed by atoms with Gasteiger partial charge in [-0.05, 0) is 35.7 Å². The van der Waals surface area contributed by atoms with E-state index in [0.29, 0.717) is 15.1 Å². The number of amides is 1. The first-order chi connectivity index (χ1) is 15.0. The van der Waals surface area contributed by atoms with Gasteiger partial charge in [0.05, 0.1) is 20.7 Å². The fourth-order valence-corrected chi connectivity index (χ4v) is 5.25. The Bertz CT molecular complexity index is 1380. The highest BCUT2D eigenvalue weighted by atomic mass is 32.1. The molecule has 0 saturated carbocycles. The summed E-state index contributed by atoms with van der Waals surface area (Å²) in [5.41, 5.74) is 0.271. The molecule has 0 bridgehead atoms. The zero-order chi connectivity index (χ0) is 21.7. The third-order valence-electron chi connectivity index (χ3n) is 4.94. The van der Waals surface area contributed by atoms with Crippen molar-refractivity contribution in [2.45, 2.75) is 6.04 Å². The lowest BCUT2D eigenvalue weighted by Crippen LogP contribution is -2.31. The first-order valence-electron chi connectivity index (χ1n) is 9.11. The Hall–Kier alpha value is -3.43. The Morgan fingerprint density at radius 1 is 1.10 bits per heavy atom. The van der Waals surface area contributed by atoms with Crippen LogP contribution in [-0.4, -0.2) is 21.8 Å². The summed E-state index contributed by atoms with van der Waals surface area (Å²) < 4.78 is 28.9. The van der Waals surface area contributed by atoms with Crippen LogP contribution in [-0.2, 0) is 4.79 Å². The number of ketones is 1. The van der Waals surface area contributed by atoms with E-state index >= 15 is 0 Å². The molecule has 1 aliphatic rings. The smallest absolute Gasteiger partial charge is 0.296 e. The molecule has 154 valence electrons. The quantitative estimate of drug-likeness (QED) is 0.418. The molecule has 9 heteroatoms. The molecule has 0 aliphatic carbocycles. The lowest BCUT2D eigenvalue weighted by atomic mass is 9.95. The Balaban J connectivity index is 1.71. The number of benzene rings is 2. The number of Topliss-reactive ketones (excluding diaryl/α,β-unsaturated/α-hetero) is 1. The summed E-state index contributed by atoms with van der Waals surface area (Å²) in [5, 5.41) is 12.5. The second kappa shape index (κ2) is 7.36. The van der Waals surface area contributed by atoms with E-state index in [9.17, 15) is 23.5 Å². The van der Waals surface area contributed by atoms with Crippen molar-refractivity contribution >= 4 is 49.7 Å². The number of aromatic nitrogens is 1. The van der Waals surface area contributed by atoms with Gasteiger partial charge in [-0.15, -0.1) is 11.3 Å². The zero-order valence-corrected chi connectivity index (χ0v) is 17.2. The molecule has 0 unspecified atom stereocenters. The fourth-order valence-electron chi connectivity index (χ4n) is 3.56. The van der Waals surface area contributed by atoms with Gasteiger partial charge < -0.3 is 5.11 Å². The molecule has 1 atom stereocenters. The number of rotatable bonds is 4. The van der Waals surface area contributed by atoms with Crippen LogP contribution in [0.1, 0.15) is 21.3 Å². The molecule has 2 aromatic heterocycles. The van der Waals surface area contributed by atoms with Gasteiger partial charge in [-0.3, -0.25) is 14.5 Å². The lowest BCUT2D eigenvalue weighted by molar-refractivity contribution is -0.117. The van der Waals surface area contributed by atoms with E-state index in [0.717, 1.165) is 27.6 Å². The van der Waals surface area contributed by atoms with Gasteiger partial charge in [0.2, 0.25) is 5.78 Å². The number of fused-ring (bicyclic) bond motifs is 1. The van der Waals surface area contributed by atoms with Gasteiger partial charge in [0, 0.05) is 5.56 Å². The number of carbonyl (C=O) groups excluding carboxylic acids is 2. The van der Waals surface area contributed by atoms with Crippen LogP contribution in [0, 0.1) is 11.6 Å². The monoisotopic (exact) mass is 454 g/mol. The highest BCUT2D eigenvalue weighted by Gasteiger charge is 2.47. The largest absolute Gasteiger partial charge is 0.503 e. The molecule has 3 heterocycles. The highest BCUT2D eigenvalue weighted by molar-refractivity contribution is 7.22. The number of aliphatic hydroxyl groups is 1. The van der Waals surface area contributed by atoms with Crippen molar-refractivity contribution in [2.24, 2.45) is 0 Å². The van der Waals surface area contributed by atoms with Gasteiger partial charge in [0.15, 0.2) is 10.9 Å². The molecule has 5 nitrogen and oxygen atoms in total. The zero-order valence-electron chi connectivity index (χ0n) is 15.6. The average Bonchev–Trinajstić information content (AvgIpc) is 3.47. The van der Waals surface area contributed by atoms with Crippen LogP contribution >= 0.6 is 22.7 Å². The van der Waals surface area contributed by atoms with Crippen LogP contribution in [0.2, 0.25) is 0 Å². The van der Waals surface area contributed by atoms with Crippen LogP contribution in [0.4, 0.5) is 13.9 Å². The minimum atomic E-state index is -1.21. The van der Waals surface area contributed by atoms with Crippen molar-refractivity contribution in [2.75, 3.05) is 4.90 Å². The number of thiophene rings is 1. The summed E-state index contributed by atoms with van der Waals surface area (Å²) in [4.78, 5) is 32.0. The van der Waals surface area contributed by atoms with E-state index in [2.05, 4.69) is 4.98 Å². The second-order valence-electron chi connectivity index (χ2n) is 6.78. The Morgan fingerprint density at radius 3 is 2.65 bits per heavy atom. The third kappa shape index (κ3) is 3.13. The van der Waals surface area contributed by atoms with Crippen molar-refractivity contribution in [3.63, 3.8) is 0 Å². The molecule has 2 aromatic carbocycles. The standard InChI is InChI=1S/C22H12F2N2O3S2/c23-11-7-8-14-16(10-11)31-22(25-14)26-18(12-4-1-2-5-13(12)24)17(20(28)21(26)29)19(27)15-6-3-9-30-15/h1-10,18,28H/t18-/m0/s1. The molecule has 1 amide bonds. The third-order valence-corrected chi connectivity index (χ3v) is 6.83. The molecule has 1 N–H and O–H groups in total. The number of halogens is 2. The van der Waals surface area contributed by atoms with Crippen LogP contribution in [0.25, 0.3) is 10.2 Å². The van der Waals surface area contributed by atoms with Gasteiger partial charge in [-0.1, -0.05) is 35.6 Å². The average molecular weight is 454 g/mol. The Morgan fingerprint density at radius 2 is 1.90 bits per heavy atom. The van der Waals surface area contributed by atoms with Gasteiger partial charge >= 0.3 is 0 Å². The molecular formula is C22H12F2N2O3S2. The van der Waals surface area contributed by atoms with Crippen LogP contribution in [0.15, 0.2) is 71.3 Å². The Kier molecular flexibility index (Phi) is 4.64. The predicted molar refractivity (Wildman–Crippen MR) is 115 cm³/mol. The predicted octanol–water partition coefficient (Wildman–Crippen LogP) is 5.42. The molecule has 0 fully saturated rings. The van der Waals surface area contributed by atoms with Crippen LogP contribution in [0.3, 0.4) is 0 Å². The van der Waals surface area contributed by atoms with Gasteiger partial charge in [0.1, 0.15) is 17.7 Å². The minimum Gasteiger partial charge on any atom is -0.503 e. The molecule has 31 heavy (non-hydrogen) atoms. The maximum Gasteiger partial charge on any atom is 0.296 e. The molecule has 0 spiro atoms. The minimum absolute atomic E-state index is 0.0465. The molecular weight excluding hydrogens is 442 g/mol. The van der Waals surface area contributed by atoms with Gasteiger partial charge in [-0.25, -0.2) is 13.8 Å². The summed E-state index contributed by atoms with van der Waals surface area (Å²) in [6.07, 6.45) is 0. The van der Waals surface area contributed by atoms with Crippen LogP contribution in [0.5, 0.6) is 0 Å². The van der Waals surface area contributed by atoms with Crippen molar-refractivity contribution in [1.82, 2.24) is 4.98 Å². The molecule has 4 aromatic rings. The number of carbonyl (C=O) groups is 2. The van der Waals surface area contributed by atoms with Gasteiger partial charge in [-0.2, -0.15) is 0 Å². The van der Waals surface area contributed by atoms with Gasteiger partial charge in [0.25, 0.3) is 5.91 Å². The molecule has 0 radical (unpaired) electrons. The Labute approximate surface area is 182 Å². The summed E-state index contributed by atoms with van der Waals surface area (Å²) in [5.74, 6) is -3.28. The van der Waals surface area contributed by atoms with E-state index in [4.69, 9.17) is 0 Å². The fraction of sp³-hybridized carbons (Fsp3) is 0.0455. The number of hydrogen-bond donors (Lipinski definition) is 1. The molecule has 5 rings (SSSR count). The van der Waals surface area contributed by atoms with E-state index in [1.54, 1.807) is 23.6 Å². The highest BCUT2D eigenvalue weighted by Crippen LogP contribution is 2.45. The van der Waals surface area contributed by atoms with Crippen LogP contribution < -0.4 is 4.90 Å². The van der Waals surface area contributed by atoms with E-state index in [1.165, 1.54) is 36.4 Å².